The van der Waals surface area contributed by atoms with Gasteiger partial charge in [-0.2, -0.15) is 0 Å². The number of carbonyl (C=O) groups is 2. The lowest BCUT2D eigenvalue weighted by atomic mass is 10.0. The minimum Gasteiger partial charge on any atom is -0.497 e. The van der Waals surface area contributed by atoms with E-state index >= 15 is 0 Å². The average molecular weight is 444 g/mol. The number of halogens is 1. The summed E-state index contributed by atoms with van der Waals surface area (Å²) in [5.74, 6) is 0.509. The number of methoxy groups -OCH3 is 1. The van der Waals surface area contributed by atoms with E-state index in [0.717, 1.165) is 11.1 Å². The van der Waals surface area contributed by atoms with Crippen LogP contribution in [0.5, 0.6) is 5.75 Å². The normalized spacial score (nSPS) is 13.6. The molecule has 0 bridgehead atoms. The summed E-state index contributed by atoms with van der Waals surface area (Å²) in [6, 6.07) is 11.0. The van der Waals surface area contributed by atoms with Gasteiger partial charge in [0.25, 0.3) is 0 Å². The highest BCUT2D eigenvalue weighted by Crippen LogP contribution is 2.34. The van der Waals surface area contributed by atoms with Crippen molar-refractivity contribution in [2.24, 2.45) is 0 Å². The molecule has 1 saturated heterocycles. The first-order chi connectivity index (χ1) is 15.0. The van der Waals surface area contributed by atoms with E-state index < -0.39 is 0 Å². The third-order valence-electron chi connectivity index (χ3n) is 5.29. The van der Waals surface area contributed by atoms with E-state index in [9.17, 15) is 14.7 Å². The third kappa shape index (κ3) is 5.37. The van der Waals surface area contributed by atoms with Crippen molar-refractivity contribution >= 4 is 29.1 Å². The highest BCUT2D eigenvalue weighted by Gasteiger charge is 2.23. The van der Waals surface area contributed by atoms with Crippen LogP contribution in [0.25, 0.3) is 11.1 Å². The van der Waals surface area contributed by atoms with Crippen LogP contribution in [0.15, 0.2) is 49.1 Å². The van der Waals surface area contributed by atoms with Gasteiger partial charge in [0.1, 0.15) is 5.75 Å². The molecule has 1 heterocycles. The highest BCUT2D eigenvalue weighted by molar-refractivity contribution is 6.33. The molecule has 31 heavy (non-hydrogen) atoms. The average Bonchev–Trinajstić information content (AvgIpc) is 2.82. The van der Waals surface area contributed by atoms with Gasteiger partial charge in [-0.15, -0.1) is 0 Å². The molecule has 1 aliphatic heterocycles. The Labute approximate surface area is 186 Å². The largest absolute Gasteiger partial charge is 0.497 e. The third-order valence-corrected chi connectivity index (χ3v) is 5.61. The lowest BCUT2D eigenvalue weighted by Gasteiger charge is -2.34. The first-order valence-corrected chi connectivity index (χ1v) is 10.3. The number of rotatable bonds is 7. The minimum atomic E-state index is -0.211. The molecule has 7 nitrogen and oxygen atoms in total. The van der Waals surface area contributed by atoms with E-state index in [-0.39, 0.29) is 25.0 Å². The number of ether oxygens (including phenoxy) is 1. The maximum Gasteiger partial charge on any atom is 0.246 e. The minimum absolute atomic E-state index is 0.0710. The van der Waals surface area contributed by atoms with E-state index in [2.05, 4.69) is 11.9 Å². The van der Waals surface area contributed by atoms with Crippen molar-refractivity contribution < 1.29 is 19.4 Å². The van der Waals surface area contributed by atoms with Gasteiger partial charge >= 0.3 is 0 Å². The fourth-order valence-corrected chi connectivity index (χ4v) is 3.81. The SMILES string of the molecule is C=CC(=O)N1CCN(C(=O)CNc2cc(-c3cccc(OC)c3)c(Cl)cc2CO)CC1. The summed E-state index contributed by atoms with van der Waals surface area (Å²) in [5, 5.41) is 13.4. The van der Waals surface area contributed by atoms with Gasteiger partial charge in [-0.05, 0) is 35.9 Å². The summed E-state index contributed by atoms with van der Waals surface area (Å²) < 4.78 is 5.29. The molecular weight excluding hydrogens is 418 g/mol. The molecular formula is C23H26ClN3O4. The van der Waals surface area contributed by atoms with Crippen LogP contribution in [0.1, 0.15) is 5.56 Å². The van der Waals surface area contributed by atoms with Gasteiger partial charge in [-0.1, -0.05) is 30.3 Å². The Morgan fingerprint density at radius 1 is 1.19 bits per heavy atom. The number of hydrogen-bond acceptors (Lipinski definition) is 5. The maximum atomic E-state index is 12.7. The second-order valence-electron chi connectivity index (χ2n) is 7.14. The van der Waals surface area contributed by atoms with Crippen LogP contribution in [-0.2, 0) is 16.2 Å². The van der Waals surface area contributed by atoms with E-state index in [1.807, 2.05) is 30.3 Å². The van der Waals surface area contributed by atoms with Gasteiger partial charge in [-0.25, -0.2) is 0 Å². The fraction of sp³-hybridized carbons (Fsp3) is 0.304. The molecule has 0 aromatic heterocycles. The monoisotopic (exact) mass is 443 g/mol. The fourth-order valence-electron chi connectivity index (χ4n) is 3.51. The molecule has 1 aliphatic rings. The number of anilines is 1. The van der Waals surface area contributed by atoms with Crippen molar-refractivity contribution in [1.82, 2.24) is 9.80 Å². The lowest BCUT2D eigenvalue weighted by molar-refractivity contribution is -0.135. The molecule has 3 rings (SSSR count). The van der Waals surface area contributed by atoms with Crippen LogP contribution in [-0.4, -0.2) is 66.6 Å². The Morgan fingerprint density at radius 3 is 2.55 bits per heavy atom. The Kier molecular flexibility index (Phi) is 7.55. The van der Waals surface area contributed by atoms with E-state index in [0.29, 0.717) is 48.2 Å². The standard InChI is InChI=1S/C23H26ClN3O4/c1-3-22(29)26-7-9-27(10-8-26)23(30)14-25-21-13-19(20(24)12-17(21)15-28)16-5-4-6-18(11-16)31-2/h3-6,11-13,25,28H,1,7-10,14-15H2,2H3. The number of amides is 2. The van der Waals surface area contributed by atoms with E-state index in [1.165, 1.54) is 6.08 Å². The maximum absolute atomic E-state index is 12.7. The molecule has 0 aliphatic carbocycles. The van der Waals surface area contributed by atoms with Crippen molar-refractivity contribution in [3.63, 3.8) is 0 Å². The zero-order valence-electron chi connectivity index (χ0n) is 17.4. The Morgan fingerprint density at radius 2 is 1.90 bits per heavy atom. The Balaban J connectivity index is 1.71. The molecule has 0 atom stereocenters. The molecule has 0 saturated carbocycles. The summed E-state index contributed by atoms with van der Waals surface area (Å²) in [6.07, 6.45) is 1.29. The summed E-state index contributed by atoms with van der Waals surface area (Å²) in [5.41, 5.74) is 2.87. The topological polar surface area (TPSA) is 82.1 Å². The molecule has 2 aromatic rings. The molecule has 2 N–H and O–H groups in total. The van der Waals surface area contributed by atoms with Crippen LogP contribution in [0, 0.1) is 0 Å². The van der Waals surface area contributed by atoms with Crippen LogP contribution < -0.4 is 10.1 Å². The highest BCUT2D eigenvalue weighted by atomic mass is 35.5. The van der Waals surface area contributed by atoms with Crippen LogP contribution in [0.4, 0.5) is 5.69 Å². The summed E-state index contributed by atoms with van der Waals surface area (Å²) in [4.78, 5) is 27.7. The van der Waals surface area contributed by atoms with Gasteiger partial charge in [0.15, 0.2) is 0 Å². The summed E-state index contributed by atoms with van der Waals surface area (Å²) in [7, 11) is 1.60. The molecule has 0 radical (unpaired) electrons. The van der Waals surface area contributed by atoms with Gasteiger partial charge in [0.2, 0.25) is 11.8 Å². The number of benzene rings is 2. The second kappa shape index (κ2) is 10.3. The lowest BCUT2D eigenvalue weighted by Crippen LogP contribution is -2.51. The number of carbonyl (C=O) groups excluding carboxylic acids is 2. The predicted octanol–water partition coefficient (Wildman–Crippen LogP) is 2.78. The quantitative estimate of drug-likeness (QED) is 0.643. The molecule has 164 valence electrons. The van der Waals surface area contributed by atoms with Crippen molar-refractivity contribution in [3.8, 4) is 16.9 Å². The molecule has 1 fully saturated rings. The smallest absolute Gasteiger partial charge is 0.246 e. The molecule has 0 spiro atoms. The number of piperazine rings is 1. The number of nitrogens with zero attached hydrogens (tertiary/aromatic N) is 2. The first kappa shape index (κ1) is 22.7. The molecule has 8 heteroatoms. The molecule has 2 amide bonds. The van der Waals surface area contributed by atoms with Gasteiger partial charge in [0.05, 0.1) is 20.3 Å². The predicted molar refractivity (Wildman–Crippen MR) is 121 cm³/mol. The number of aliphatic hydroxyl groups is 1. The van der Waals surface area contributed by atoms with Gasteiger partial charge < -0.3 is 25.0 Å². The number of nitrogens with one attached hydrogen (secondary N) is 1. The molecule has 2 aromatic carbocycles. The van der Waals surface area contributed by atoms with Crippen molar-refractivity contribution in [2.75, 3.05) is 45.2 Å². The van der Waals surface area contributed by atoms with Crippen LogP contribution >= 0.6 is 11.6 Å². The zero-order chi connectivity index (χ0) is 22.4. The van der Waals surface area contributed by atoms with E-state index in [4.69, 9.17) is 16.3 Å². The van der Waals surface area contributed by atoms with Gasteiger partial charge in [0, 0.05) is 48.0 Å². The first-order valence-electron chi connectivity index (χ1n) is 9.97. The van der Waals surface area contributed by atoms with Gasteiger partial charge in [-0.3, -0.25) is 9.59 Å². The Hall–Kier alpha value is -3.03. The van der Waals surface area contributed by atoms with Crippen LogP contribution in [0.2, 0.25) is 5.02 Å². The summed E-state index contributed by atoms with van der Waals surface area (Å²) in [6.45, 7) is 5.28. The summed E-state index contributed by atoms with van der Waals surface area (Å²) >= 11 is 6.45. The van der Waals surface area contributed by atoms with Crippen molar-refractivity contribution in [2.45, 2.75) is 6.61 Å². The number of aliphatic hydroxyl groups excluding tert-OH is 1. The zero-order valence-corrected chi connectivity index (χ0v) is 18.2. The number of hydrogen-bond donors (Lipinski definition) is 2. The van der Waals surface area contributed by atoms with Crippen molar-refractivity contribution in [1.29, 1.82) is 0 Å². The van der Waals surface area contributed by atoms with Crippen LogP contribution in [0.3, 0.4) is 0 Å². The second-order valence-corrected chi connectivity index (χ2v) is 7.55. The van der Waals surface area contributed by atoms with E-state index in [1.54, 1.807) is 23.0 Å². The Bertz CT molecular complexity index is 971. The van der Waals surface area contributed by atoms with Crippen molar-refractivity contribution in [3.05, 3.63) is 59.6 Å². The molecule has 0 unspecified atom stereocenters.